The quantitative estimate of drug-likeness (QED) is 0.800. The van der Waals surface area contributed by atoms with Crippen LogP contribution in [0.4, 0.5) is 5.69 Å². The topological polar surface area (TPSA) is 21.7 Å². The van der Waals surface area contributed by atoms with Crippen LogP contribution in [0.25, 0.3) is 0 Å². The van der Waals surface area contributed by atoms with Gasteiger partial charge in [0.2, 0.25) is 0 Å². The highest BCUT2D eigenvalue weighted by molar-refractivity contribution is 5.61. The first-order valence-electron chi connectivity index (χ1n) is 6.16. The van der Waals surface area contributed by atoms with Crippen molar-refractivity contribution in [2.45, 2.75) is 25.8 Å². The predicted octanol–water partition coefficient (Wildman–Crippen LogP) is 2.62. The summed E-state index contributed by atoms with van der Waals surface area (Å²) in [5, 5.41) is 0. The van der Waals surface area contributed by atoms with Gasteiger partial charge in [0.1, 0.15) is 5.75 Å². The summed E-state index contributed by atoms with van der Waals surface area (Å²) < 4.78 is 10.8. The summed E-state index contributed by atoms with van der Waals surface area (Å²) in [7, 11) is 3.50. The zero-order valence-corrected chi connectivity index (χ0v) is 10.9. The highest BCUT2D eigenvalue weighted by Gasteiger charge is 2.26. The Morgan fingerprint density at radius 2 is 2.18 bits per heavy atom. The minimum absolute atomic E-state index is 0.482. The van der Waals surface area contributed by atoms with Crippen molar-refractivity contribution in [1.82, 2.24) is 0 Å². The molecule has 17 heavy (non-hydrogen) atoms. The fraction of sp³-hybridized carbons (Fsp3) is 0.571. The monoisotopic (exact) mass is 235 g/mol. The van der Waals surface area contributed by atoms with Crippen LogP contribution in [0.3, 0.4) is 0 Å². The highest BCUT2D eigenvalue weighted by atomic mass is 16.5. The van der Waals surface area contributed by atoms with Crippen LogP contribution < -0.4 is 9.64 Å². The Hall–Kier alpha value is -1.22. The van der Waals surface area contributed by atoms with Gasteiger partial charge in [-0.2, -0.15) is 0 Å². The molecule has 1 fully saturated rings. The van der Waals surface area contributed by atoms with Crippen LogP contribution in [0.5, 0.6) is 5.75 Å². The number of benzene rings is 1. The van der Waals surface area contributed by atoms with Gasteiger partial charge in [-0.1, -0.05) is 6.07 Å². The standard InChI is InChI=1S/C14H21NO2/c1-11-6-7-14(17-3)13(9-11)15-8-4-5-12(15)10-16-2/h6-7,9,12H,4-5,8,10H2,1-3H3. The van der Waals surface area contributed by atoms with Crippen LogP contribution in [0, 0.1) is 6.92 Å². The molecule has 1 unspecified atom stereocenters. The Morgan fingerprint density at radius 1 is 1.35 bits per heavy atom. The van der Waals surface area contributed by atoms with Gasteiger partial charge in [0, 0.05) is 13.7 Å². The molecule has 1 aromatic rings. The van der Waals surface area contributed by atoms with E-state index in [9.17, 15) is 0 Å². The van der Waals surface area contributed by atoms with Crippen LogP contribution >= 0.6 is 0 Å². The predicted molar refractivity (Wildman–Crippen MR) is 70.0 cm³/mol. The molecule has 1 aliphatic heterocycles. The number of rotatable bonds is 4. The van der Waals surface area contributed by atoms with E-state index in [0.717, 1.165) is 18.9 Å². The van der Waals surface area contributed by atoms with Crippen molar-refractivity contribution in [3.05, 3.63) is 23.8 Å². The summed E-state index contributed by atoms with van der Waals surface area (Å²) in [6, 6.07) is 6.82. The second kappa shape index (κ2) is 5.41. The average Bonchev–Trinajstić information content (AvgIpc) is 2.77. The van der Waals surface area contributed by atoms with Crippen molar-refractivity contribution < 1.29 is 9.47 Å². The number of methoxy groups -OCH3 is 2. The summed E-state index contributed by atoms with van der Waals surface area (Å²) in [6.07, 6.45) is 2.43. The van der Waals surface area contributed by atoms with Crippen molar-refractivity contribution in [3.63, 3.8) is 0 Å². The van der Waals surface area contributed by atoms with Gasteiger partial charge >= 0.3 is 0 Å². The van der Waals surface area contributed by atoms with Gasteiger partial charge in [-0.3, -0.25) is 0 Å². The van der Waals surface area contributed by atoms with Gasteiger partial charge in [0.15, 0.2) is 0 Å². The lowest BCUT2D eigenvalue weighted by Crippen LogP contribution is -2.33. The second-order valence-corrected chi connectivity index (χ2v) is 4.62. The molecular weight excluding hydrogens is 214 g/mol. The van der Waals surface area contributed by atoms with Crippen molar-refractivity contribution in [3.8, 4) is 5.75 Å². The zero-order valence-electron chi connectivity index (χ0n) is 10.9. The molecule has 0 radical (unpaired) electrons. The van der Waals surface area contributed by atoms with Crippen molar-refractivity contribution >= 4 is 5.69 Å². The lowest BCUT2D eigenvalue weighted by Gasteiger charge is -2.28. The molecule has 1 atom stereocenters. The molecule has 0 aliphatic carbocycles. The van der Waals surface area contributed by atoms with Gasteiger partial charge < -0.3 is 14.4 Å². The van der Waals surface area contributed by atoms with E-state index in [4.69, 9.17) is 9.47 Å². The van der Waals surface area contributed by atoms with E-state index in [1.54, 1.807) is 14.2 Å². The molecule has 3 nitrogen and oxygen atoms in total. The molecule has 0 amide bonds. The van der Waals surface area contributed by atoms with E-state index in [1.807, 2.05) is 6.07 Å². The summed E-state index contributed by atoms with van der Waals surface area (Å²) in [5.74, 6) is 0.957. The summed E-state index contributed by atoms with van der Waals surface area (Å²) in [5.41, 5.74) is 2.47. The van der Waals surface area contributed by atoms with E-state index in [0.29, 0.717) is 6.04 Å². The Kier molecular flexibility index (Phi) is 3.89. The molecule has 1 aliphatic rings. The van der Waals surface area contributed by atoms with Crippen molar-refractivity contribution in [1.29, 1.82) is 0 Å². The smallest absolute Gasteiger partial charge is 0.142 e. The summed E-state index contributed by atoms with van der Waals surface area (Å²) in [6.45, 7) is 4.00. The number of hydrogen-bond acceptors (Lipinski definition) is 3. The third kappa shape index (κ3) is 2.55. The van der Waals surface area contributed by atoms with Gasteiger partial charge in [0.05, 0.1) is 25.4 Å². The van der Waals surface area contributed by atoms with Gasteiger partial charge in [-0.05, 0) is 37.5 Å². The first-order valence-corrected chi connectivity index (χ1v) is 6.16. The zero-order chi connectivity index (χ0) is 12.3. The van der Waals surface area contributed by atoms with Crippen LogP contribution in [-0.4, -0.2) is 33.4 Å². The number of aryl methyl sites for hydroxylation is 1. The van der Waals surface area contributed by atoms with Crippen LogP contribution in [0.2, 0.25) is 0 Å². The molecule has 1 aromatic carbocycles. The van der Waals surface area contributed by atoms with Gasteiger partial charge in [-0.15, -0.1) is 0 Å². The third-order valence-electron chi connectivity index (χ3n) is 3.38. The SMILES string of the molecule is COCC1CCCN1c1cc(C)ccc1OC. The molecule has 0 spiro atoms. The maximum absolute atomic E-state index is 5.46. The second-order valence-electron chi connectivity index (χ2n) is 4.62. The van der Waals surface area contributed by atoms with E-state index >= 15 is 0 Å². The van der Waals surface area contributed by atoms with Gasteiger partial charge in [-0.25, -0.2) is 0 Å². The fourth-order valence-electron chi connectivity index (χ4n) is 2.54. The molecule has 3 heteroatoms. The van der Waals surface area contributed by atoms with E-state index < -0.39 is 0 Å². The number of hydrogen-bond donors (Lipinski definition) is 0. The minimum Gasteiger partial charge on any atom is -0.495 e. The van der Waals surface area contributed by atoms with Crippen LogP contribution in [-0.2, 0) is 4.74 Å². The fourth-order valence-corrected chi connectivity index (χ4v) is 2.54. The number of nitrogens with zero attached hydrogens (tertiary/aromatic N) is 1. The number of ether oxygens (including phenoxy) is 2. The van der Waals surface area contributed by atoms with Crippen LogP contribution in [0.15, 0.2) is 18.2 Å². The lowest BCUT2D eigenvalue weighted by molar-refractivity contribution is 0.180. The maximum atomic E-state index is 5.46. The summed E-state index contributed by atoms with van der Waals surface area (Å²) in [4.78, 5) is 2.41. The lowest BCUT2D eigenvalue weighted by atomic mass is 10.1. The highest BCUT2D eigenvalue weighted by Crippen LogP contribution is 2.34. The normalized spacial score (nSPS) is 19.7. The Balaban J connectivity index is 2.28. The molecule has 2 rings (SSSR count). The van der Waals surface area contributed by atoms with E-state index in [2.05, 4.69) is 24.0 Å². The Morgan fingerprint density at radius 3 is 2.88 bits per heavy atom. The number of anilines is 1. The molecule has 94 valence electrons. The third-order valence-corrected chi connectivity index (χ3v) is 3.38. The molecule has 0 aromatic heterocycles. The Bertz CT molecular complexity index is 378. The molecule has 1 saturated heterocycles. The minimum atomic E-state index is 0.482. The van der Waals surface area contributed by atoms with Crippen LogP contribution in [0.1, 0.15) is 18.4 Å². The molecule has 0 saturated carbocycles. The van der Waals surface area contributed by atoms with E-state index in [1.165, 1.54) is 24.1 Å². The first-order chi connectivity index (χ1) is 8.26. The molecular formula is C14H21NO2. The van der Waals surface area contributed by atoms with Gasteiger partial charge in [0.25, 0.3) is 0 Å². The largest absolute Gasteiger partial charge is 0.495 e. The van der Waals surface area contributed by atoms with E-state index in [-0.39, 0.29) is 0 Å². The summed E-state index contributed by atoms with van der Waals surface area (Å²) >= 11 is 0. The Labute approximate surface area is 103 Å². The molecule has 0 N–H and O–H groups in total. The van der Waals surface area contributed by atoms with Crippen molar-refractivity contribution in [2.75, 3.05) is 32.3 Å². The molecule has 1 heterocycles. The van der Waals surface area contributed by atoms with Crippen molar-refractivity contribution in [2.24, 2.45) is 0 Å². The maximum Gasteiger partial charge on any atom is 0.142 e. The molecule has 0 bridgehead atoms. The average molecular weight is 235 g/mol. The first kappa shape index (κ1) is 12.2.